The lowest BCUT2D eigenvalue weighted by atomic mass is 9.69. The predicted molar refractivity (Wildman–Crippen MR) is 128 cm³/mol. The fraction of sp³-hybridized carbons (Fsp3) is 0.577. The summed E-state index contributed by atoms with van der Waals surface area (Å²) in [4.78, 5) is 41.8. The van der Waals surface area contributed by atoms with E-state index in [0.29, 0.717) is 19.4 Å². The molecule has 0 unspecified atom stereocenters. The van der Waals surface area contributed by atoms with Crippen LogP contribution < -0.4 is 10.6 Å². The lowest BCUT2D eigenvalue weighted by molar-refractivity contribution is -0.140. The third kappa shape index (κ3) is 5.13. The molecule has 0 spiro atoms. The first-order valence-electron chi connectivity index (χ1n) is 12.0. The Kier molecular flexibility index (Phi) is 8.30. The lowest BCUT2D eigenvalue weighted by Crippen LogP contribution is -2.45. The Hall–Kier alpha value is -2.67. The van der Waals surface area contributed by atoms with Crippen molar-refractivity contribution >= 4 is 23.4 Å². The number of hydrogen-bond donors (Lipinski definition) is 3. The SMILES string of the molecule is CC[C@@H]1C=C[C@H]2[C@H](C(=O)N(CCCCCO)[C@@H]2C(=O)Nc2cc(C)ccc2C)[C@@H]1C(=O)NC. The second-order valence-electron chi connectivity index (χ2n) is 9.27. The topological polar surface area (TPSA) is 98.7 Å². The van der Waals surface area contributed by atoms with Crippen LogP contribution in [0.2, 0.25) is 0 Å². The standard InChI is InChI=1S/C26H37N3O4/c1-5-18-11-12-19-22(21(18)24(31)27-4)26(33)29(13-7-6-8-14-30)23(19)25(32)28-20-15-16(2)9-10-17(20)3/h9-12,15,18-19,21-23,30H,5-8,13-14H2,1-4H3,(H,27,31)(H,28,32)/t18-,19+,21-,22+,23+/m1/s1. The summed E-state index contributed by atoms with van der Waals surface area (Å²) in [7, 11) is 1.60. The van der Waals surface area contributed by atoms with E-state index >= 15 is 0 Å². The number of likely N-dealkylation sites (tertiary alicyclic amines) is 1. The van der Waals surface area contributed by atoms with Crippen LogP contribution in [0, 0.1) is 37.5 Å². The molecule has 3 amide bonds. The van der Waals surface area contributed by atoms with Gasteiger partial charge < -0.3 is 20.6 Å². The molecule has 33 heavy (non-hydrogen) atoms. The Morgan fingerprint density at radius 2 is 1.85 bits per heavy atom. The molecule has 0 bridgehead atoms. The van der Waals surface area contributed by atoms with Gasteiger partial charge in [0.1, 0.15) is 6.04 Å². The highest BCUT2D eigenvalue weighted by atomic mass is 16.3. The number of allylic oxidation sites excluding steroid dienone is 1. The van der Waals surface area contributed by atoms with Crippen LogP contribution in [-0.4, -0.2) is 54.0 Å². The van der Waals surface area contributed by atoms with Gasteiger partial charge in [0.05, 0.1) is 11.8 Å². The molecule has 1 aliphatic carbocycles. The summed E-state index contributed by atoms with van der Waals surface area (Å²) in [5.41, 5.74) is 2.74. The minimum absolute atomic E-state index is 0.0350. The van der Waals surface area contributed by atoms with E-state index in [1.165, 1.54) is 0 Å². The van der Waals surface area contributed by atoms with Gasteiger partial charge in [-0.2, -0.15) is 0 Å². The highest BCUT2D eigenvalue weighted by Gasteiger charge is 2.56. The minimum Gasteiger partial charge on any atom is -0.396 e. The zero-order valence-corrected chi connectivity index (χ0v) is 20.1. The van der Waals surface area contributed by atoms with Crippen LogP contribution in [0.15, 0.2) is 30.4 Å². The number of benzene rings is 1. The van der Waals surface area contributed by atoms with E-state index in [2.05, 4.69) is 10.6 Å². The molecule has 1 aromatic carbocycles. The molecule has 7 nitrogen and oxygen atoms in total. The van der Waals surface area contributed by atoms with Crippen molar-refractivity contribution in [3.63, 3.8) is 0 Å². The number of rotatable bonds is 9. The Morgan fingerprint density at radius 1 is 1.09 bits per heavy atom. The number of carbonyl (C=O) groups excluding carboxylic acids is 3. The fourth-order valence-corrected chi connectivity index (χ4v) is 5.30. The molecule has 3 rings (SSSR count). The number of carbonyl (C=O) groups is 3. The zero-order chi connectivity index (χ0) is 24.1. The molecule has 7 heteroatoms. The molecule has 1 saturated heterocycles. The second kappa shape index (κ2) is 11.0. The average molecular weight is 456 g/mol. The summed E-state index contributed by atoms with van der Waals surface area (Å²) in [5, 5.41) is 14.9. The molecule has 1 heterocycles. The van der Waals surface area contributed by atoms with Crippen molar-refractivity contribution in [1.82, 2.24) is 10.2 Å². The highest BCUT2D eigenvalue weighted by Crippen LogP contribution is 2.45. The summed E-state index contributed by atoms with van der Waals surface area (Å²) in [6, 6.07) is 5.23. The van der Waals surface area contributed by atoms with Crippen LogP contribution >= 0.6 is 0 Å². The maximum absolute atomic E-state index is 13.7. The summed E-state index contributed by atoms with van der Waals surface area (Å²) in [5.74, 6) is -1.92. The van der Waals surface area contributed by atoms with E-state index in [-0.39, 0.29) is 36.2 Å². The van der Waals surface area contributed by atoms with Crippen molar-refractivity contribution in [1.29, 1.82) is 0 Å². The van der Waals surface area contributed by atoms with Gasteiger partial charge in [0, 0.05) is 31.8 Å². The van der Waals surface area contributed by atoms with Crippen LogP contribution in [-0.2, 0) is 14.4 Å². The van der Waals surface area contributed by atoms with E-state index in [9.17, 15) is 14.4 Å². The minimum atomic E-state index is -0.669. The number of hydrogen-bond acceptors (Lipinski definition) is 4. The third-order valence-electron chi connectivity index (χ3n) is 7.11. The summed E-state index contributed by atoms with van der Waals surface area (Å²) < 4.78 is 0. The van der Waals surface area contributed by atoms with Gasteiger partial charge in [-0.05, 0) is 62.6 Å². The molecule has 0 aromatic heterocycles. The number of aliphatic hydroxyl groups excluding tert-OH is 1. The first kappa shape index (κ1) is 25.0. The molecule has 5 atom stereocenters. The van der Waals surface area contributed by atoms with E-state index in [1.807, 2.05) is 51.1 Å². The average Bonchev–Trinajstić information content (AvgIpc) is 3.09. The van der Waals surface area contributed by atoms with Crippen molar-refractivity contribution in [2.24, 2.45) is 23.7 Å². The third-order valence-corrected chi connectivity index (χ3v) is 7.11. The Morgan fingerprint density at radius 3 is 2.52 bits per heavy atom. The molecule has 1 aliphatic heterocycles. The van der Waals surface area contributed by atoms with E-state index < -0.39 is 17.9 Å². The highest BCUT2D eigenvalue weighted by molar-refractivity contribution is 6.02. The number of amides is 3. The molecular formula is C26H37N3O4. The first-order chi connectivity index (χ1) is 15.8. The van der Waals surface area contributed by atoms with Crippen molar-refractivity contribution in [3.8, 4) is 0 Å². The smallest absolute Gasteiger partial charge is 0.247 e. The van der Waals surface area contributed by atoms with Crippen molar-refractivity contribution < 1.29 is 19.5 Å². The van der Waals surface area contributed by atoms with Gasteiger partial charge >= 0.3 is 0 Å². The van der Waals surface area contributed by atoms with Gasteiger partial charge in [-0.3, -0.25) is 14.4 Å². The van der Waals surface area contributed by atoms with Crippen molar-refractivity contribution in [2.75, 3.05) is 25.5 Å². The quantitative estimate of drug-likeness (QED) is 0.394. The van der Waals surface area contributed by atoms with Gasteiger partial charge in [-0.25, -0.2) is 0 Å². The second-order valence-corrected chi connectivity index (χ2v) is 9.27. The number of nitrogens with zero attached hydrogens (tertiary/aromatic N) is 1. The van der Waals surface area contributed by atoms with Crippen LogP contribution in [0.1, 0.15) is 43.7 Å². The van der Waals surface area contributed by atoms with Crippen LogP contribution in [0.3, 0.4) is 0 Å². The fourth-order valence-electron chi connectivity index (χ4n) is 5.30. The van der Waals surface area contributed by atoms with Crippen molar-refractivity contribution in [3.05, 3.63) is 41.5 Å². The molecule has 1 aromatic rings. The number of aryl methyl sites for hydroxylation is 2. The van der Waals surface area contributed by atoms with Crippen molar-refractivity contribution in [2.45, 2.75) is 52.5 Å². The first-order valence-corrected chi connectivity index (χ1v) is 12.0. The van der Waals surface area contributed by atoms with Crippen LogP contribution in [0.25, 0.3) is 0 Å². The molecule has 180 valence electrons. The monoisotopic (exact) mass is 455 g/mol. The number of aliphatic hydroxyl groups is 1. The summed E-state index contributed by atoms with van der Waals surface area (Å²) in [6.45, 7) is 6.47. The van der Waals surface area contributed by atoms with Crippen LogP contribution in [0.4, 0.5) is 5.69 Å². The number of unbranched alkanes of at least 4 members (excludes halogenated alkanes) is 2. The van der Waals surface area contributed by atoms with Gasteiger partial charge in [0.25, 0.3) is 0 Å². The zero-order valence-electron chi connectivity index (χ0n) is 20.1. The summed E-state index contributed by atoms with van der Waals surface area (Å²) in [6.07, 6.45) is 6.88. The van der Waals surface area contributed by atoms with E-state index in [0.717, 1.165) is 29.7 Å². The molecule has 0 radical (unpaired) electrons. The number of fused-ring (bicyclic) bond motifs is 1. The predicted octanol–water partition coefficient (Wildman–Crippen LogP) is 2.81. The lowest BCUT2D eigenvalue weighted by Gasteiger charge is -2.33. The van der Waals surface area contributed by atoms with Gasteiger partial charge in [-0.15, -0.1) is 0 Å². The maximum atomic E-state index is 13.7. The summed E-state index contributed by atoms with van der Waals surface area (Å²) >= 11 is 0. The normalized spacial score (nSPS) is 26.3. The van der Waals surface area contributed by atoms with E-state index in [1.54, 1.807) is 11.9 Å². The Balaban J connectivity index is 1.95. The van der Waals surface area contributed by atoms with Crippen LogP contribution in [0.5, 0.6) is 0 Å². The maximum Gasteiger partial charge on any atom is 0.247 e. The molecule has 2 aliphatic rings. The molecule has 1 fully saturated rings. The molecule has 3 N–H and O–H groups in total. The number of anilines is 1. The van der Waals surface area contributed by atoms with Gasteiger partial charge in [0.15, 0.2) is 0 Å². The number of nitrogens with one attached hydrogen (secondary N) is 2. The Bertz CT molecular complexity index is 913. The van der Waals surface area contributed by atoms with Gasteiger partial charge in [-0.1, -0.05) is 31.2 Å². The Labute approximate surface area is 196 Å². The van der Waals surface area contributed by atoms with Gasteiger partial charge in [0.2, 0.25) is 17.7 Å². The molecular weight excluding hydrogens is 418 g/mol. The van der Waals surface area contributed by atoms with E-state index in [4.69, 9.17) is 5.11 Å². The molecule has 0 saturated carbocycles. The largest absolute Gasteiger partial charge is 0.396 e.